The highest BCUT2D eigenvalue weighted by atomic mass is 16.6. The summed E-state index contributed by atoms with van der Waals surface area (Å²) >= 11 is 0. The maximum atomic E-state index is 12.5. The lowest BCUT2D eigenvalue weighted by Gasteiger charge is -2.19. The molecule has 0 aliphatic heterocycles. The zero-order chi connectivity index (χ0) is 29.8. The molecule has 0 fully saturated rings. The smallest absolute Gasteiger partial charge is 0.409 e. The average molecular weight is 588 g/mol. The fraction of sp³-hybridized carbons (Fsp3) is 0.562. The Morgan fingerprint density at radius 2 is 1.10 bits per heavy atom. The van der Waals surface area contributed by atoms with Crippen LogP contribution in [0, 0.1) is 0 Å². The van der Waals surface area contributed by atoms with Crippen molar-refractivity contribution in [3.63, 3.8) is 0 Å². The van der Waals surface area contributed by atoms with Crippen LogP contribution in [0.1, 0.15) is 36.8 Å². The maximum absolute atomic E-state index is 12.5. The summed E-state index contributed by atoms with van der Waals surface area (Å²) < 4.78 is 38.0. The van der Waals surface area contributed by atoms with Crippen molar-refractivity contribution in [2.45, 2.75) is 25.7 Å². The van der Waals surface area contributed by atoms with Crippen molar-refractivity contribution >= 4 is 12.1 Å². The zero-order valence-electron chi connectivity index (χ0n) is 24.9. The summed E-state index contributed by atoms with van der Waals surface area (Å²) in [5.74, 6) is -0.151. The molecule has 0 radical (unpaired) electrons. The molecule has 10 heteroatoms. The zero-order valence-corrected chi connectivity index (χ0v) is 24.9. The van der Waals surface area contributed by atoms with Crippen molar-refractivity contribution in [2.75, 3.05) is 92.9 Å². The van der Waals surface area contributed by atoms with E-state index in [0.717, 1.165) is 6.42 Å². The molecule has 10 nitrogen and oxygen atoms in total. The van der Waals surface area contributed by atoms with Gasteiger partial charge in [0.2, 0.25) is 0 Å². The number of hydrogen-bond acceptors (Lipinski definition) is 9. The van der Waals surface area contributed by atoms with Crippen LogP contribution in [0.3, 0.4) is 0 Å². The molecule has 3 rings (SSSR count). The molecular weight excluding hydrogens is 542 g/mol. The third-order valence-corrected chi connectivity index (χ3v) is 6.65. The number of carbonyl (C=O) groups is 2. The van der Waals surface area contributed by atoms with Gasteiger partial charge in [0.1, 0.15) is 13.2 Å². The lowest BCUT2D eigenvalue weighted by Crippen LogP contribution is -2.32. The molecule has 0 saturated carbocycles. The number of carbonyl (C=O) groups excluding carboxylic acids is 2. The lowest BCUT2D eigenvalue weighted by atomic mass is 9.98. The van der Waals surface area contributed by atoms with E-state index < -0.39 is 0 Å². The quantitative estimate of drug-likeness (QED) is 0.147. The Hall–Kier alpha value is -3.02. The molecule has 232 valence electrons. The van der Waals surface area contributed by atoms with Crippen molar-refractivity contribution in [2.24, 2.45) is 0 Å². The van der Waals surface area contributed by atoms with Crippen LogP contribution >= 0.6 is 0 Å². The number of nitrogens with zero attached hydrogens (tertiary/aromatic N) is 1. The molecule has 0 atom stereocenters. The van der Waals surface area contributed by atoms with E-state index in [2.05, 4.69) is 24.3 Å². The predicted molar refractivity (Wildman–Crippen MR) is 158 cm³/mol. The van der Waals surface area contributed by atoms with Crippen LogP contribution in [0.25, 0.3) is 11.1 Å². The third kappa shape index (κ3) is 11.7. The van der Waals surface area contributed by atoms with Gasteiger partial charge in [-0.05, 0) is 28.7 Å². The highest BCUT2D eigenvalue weighted by Crippen LogP contribution is 2.44. The van der Waals surface area contributed by atoms with Crippen LogP contribution in [-0.2, 0) is 38.0 Å². The fourth-order valence-electron chi connectivity index (χ4n) is 4.47. The van der Waals surface area contributed by atoms with E-state index in [1.54, 1.807) is 7.05 Å². The van der Waals surface area contributed by atoms with Gasteiger partial charge in [-0.1, -0.05) is 55.5 Å². The number of rotatable bonds is 22. The molecule has 0 unspecified atom stereocenters. The van der Waals surface area contributed by atoms with Gasteiger partial charge in [-0.15, -0.1) is 0 Å². The van der Waals surface area contributed by atoms with Gasteiger partial charge in [0.05, 0.1) is 66.1 Å². The summed E-state index contributed by atoms with van der Waals surface area (Å²) in [6.07, 6.45) is 0.853. The van der Waals surface area contributed by atoms with E-state index in [9.17, 15) is 9.59 Å². The maximum Gasteiger partial charge on any atom is 0.409 e. The SMILES string of the molecule is CCCC(=O)OCCOCCOCCOCCOCCOCCN(C)C(=O)OCC1c2ccccc2-c2ccccc21. The monoisotopic (exact) mass is 587 g/mol. The van der Waals surface area contributed by atoms with Crippen molar-refractivity contribution in [1.82, 2.24) is 4.90 Å². The average Bonchev–Trinajstić information content (AvgIpc) is 3.32. The second kappa shape index (κ2) is 20.0. The summed E-state index contributed by atoms with van der Waals surface area (Å²) in [6, 6.07) is 16.6. The van der Waals surface area contributed by atoms with Crippen molar-refractivity contribution in [3.05, 3.63) is 59.7 Å². The minimum Gasteiger partial charge on any atom is -0.463 e. The molecule has 0 N–H and O–H groups in total. The van der Waals surface area contributed by atoms with Crippen LogP contribution in [0.4, 0.5) is 4.79 Å². The largest absolute Gasteiger partial charge is 0.463 e. The van der Waals surface area contributed by atoms with Gasteiger partial charge >= 0.3 is 12.1 Å². The number of hydrogen-bond donors (Lipinski definition) is 0. The molecule has 1 aliphatic rings. The van der Waals surface area contributed by atoms with Gasteiger partial charge in [-0.25, -0.2) is 4.79 Å². The third-order valence-electron chi connectivity index (χ3n) is 6.65. The topological polar surface area (TPSA) is 102 Å². The summed E-state index contributed by atoms with van der Waals surface area (Å²) in [6.45, 7) is 7.32. The van der Waals surface area contributed by atoms with E-state index in [-0.39, 0.29) is 24.6 Å². The molecule has 2 aromatic rings. The van der Waals surface area contributed by atoms with Crippen LogP contribution in [0.2, 0.25) is 0 Å². The molecule has 0 saturated heterocycles. The first-order valence-corrected chi connectivity index (χ1v) is 14.7. The number of ether oxygens (including phenoxy) is 7. The highest BCUT2D eigenvalue weighted by molar-refractivity contribution is 5.79. The Morgan fingerprint density at radius 3 is 1.60 bits per heavy atom. The van der Waals surface area contributed by atoms with Crippen molar-refractivity contribution in [3.8, 4) is 11.1 Å². The first kappa shape index (κ1) is 33.5. The van der Waals surface area contributed by atoms with Gasteiger partial charge in [0, 0.05) is 25.9 Å². The Morgan fingerprint density at radius 1 is 0.643 bits per heavy atom. The molecular formula is C32H45NO9. The molecule has 1 amide bonds. The van der Waals surface area contributed by atoms with Gasteiger partial charge in [0.25, 0.3) is 0 Å². The Labute approximate surface area is 249 Å². The Bertz CT molecular complexity index is 1020. The van der Waals surface area contributed by atoms with E-state index in [1.807, 2.05) is 31.2 Å². The highest BCUT2D eigenvalue weighted by Gasteiger charge is 2.29. The first-order chi connectivity index (χ1) is 20.6. The van der Waals surface area contributed by atoms with Crippen LogP contribution in [-0.4, -0.2) is 110 Å². The summed E-state index contributed by atoms with van der Waals surface area (Å²) in [4.78, 5) is 25.3. The van der Waals surface area contributed by atoms with E-state index in [4.69, 9.17) is 33.2 Å². The molecule has 42 heavy (non-hydrogen) atoms. The lowest BCUT2D eigenvalue weighted by molar-refractivity contribution is -0.145. The number of benzene rings is 2. The number of fused-ring (bicyclic) bond motifs is 3. The Balaban J connectivity index is 1.10. The van der Waals surface area contributed by atoms with Crippen molar-refractivity contribution < 1.29 is 42.7 Å². The molecule has 0 heterocycles. The summed E-state index contributed by atoms with van der Waals surface area (Å²) in [5, 5.41) is 0. The minimum absolute atomic E-state index is 0.0415. The first-order valence-electron chi connectivity index (χ1n) is 14.7. The van der Waals surface area contributed by atoms with Crippen LogP contribution in [0.5, 0.6) is 0 Å². The molecule has 1 aliphatic carbocycles. The predicted octanol–water partition coefficient (Wildman–Crippen LogP) is 4.29. The molecule has 0 aromatic heterocycles. The van der Waals surface area contributed by atoms with Crippen molar-refractivity contribution in [1.29, 1.82) is 0 Å². The van der Waals surface area contributed by atoms with E-state index >= 15 is 0 Å². The fourth-order valence-corrected chi connectivity index (χ4v) is 4.47. The standard InChI is InChI=1S/C32H45NO9/c1-3-8-31(34)41-24-23-40-22-21-39-20-19-38-18-17-37-16-15-36-14-13-33(2)32(35)42-25-30-28-11-6-4-9-26(28)27-10-5-7-12-29(27)30/h4-7,9-12,30H,3,8,13-25H2,1-2H3. The van der Waals surface area contributed by atoms with Gasteiger partial charge < -0.3 is 38.1 Å². The number of amides is 1. The number of esters is 1. The normalized spacial score (nSPS) is 12.1. The molecule has 0 spiro atoms. The molecule has 0 bridgehead atoms. The van der Waals surface area contributed by atoms with Crippen LogP contribution in [0.15, 0.2) is 48.5 Å². The second-order valence-electron chi connectivity index (χ2n) is 9.76. The minimum atomic E-state index is -0.365. The number of likely N-dealkylation sites (N-methyl/N-ethyl adjacent to an activating group) is 1. The van der Waals surface area contributed by atoms with E-state index in [1.165, 1.54) is 27.2 Å². The van der Waals surface area contributed by atoms with Gasteiger partial charge in [-0.3, -0.25) is 4.79 Å². The van der Waals surface area contributed by atoms with Gasteiger partial charge in [-0.2, -0.15) is 0 Å². The second-order valence-corrected chi connectivity index (χ2v) is 9.76. The Kier molecular flexibility index (Phi) is 15.9. The molecule has 2 aromatic carbocycles. The van der Waals surface area contributed by atoms with Crippen LogP contribution < -0.4 is 0 Å². The summed E-state index contributed by atoms with van der Waals surface area (Å²) in [5.41, 5.74) is 4.80. The summed E-state index contributed by atoms with van der Waals surface area (Å²) in [7, 11) is 1.71. The van der Waals surface area contributed by atoms with E-state index in [0.29, 0.717) is 85.6 Å². The van der Waals surface area contributed by atoms with Gasteiger partial charge in [0.15, 0.2) is 0 Å².